The van der Waals surface area contributed by atoms with E-state index in [1.54, 1.807) is 24.1 Å². The number of ether oxygens (including phenoxy) is 1. The summed E-state index contributed by atoms with van der Waals surface area (Å²) in [5.74, 6) is -0.490. The van der Waals surface area contributed by atoms with E-state index in [0.29, 0.717) is 15.7 Å². The fraction of sp³-hybridized carbons (Fsp3) is 0.115. The second-order valence-corrected chi connectivity index (χ2v) is 9.72. The average molecular weight is 523 g/mol. The summed E-state index contributed by atoms with van der Waals surface area (Å²) >= 11 is 13.7. The molecule has 0 aliphatic carbocycles. The molecule has 0 radical (unpaired) electrons. The number of esters is 1. The van der Waals surface area contributed by atoms with Crippen LogP contribution in [0.4, 0.5) is 11.4 Å². The molecule has 2 aliphatic rings. The first-order valence-corrected chi connectivity index (χ1v) is 12.5. The van der Waals surface area contributed by atoms with Crippen molar-refractivity contribution in [2.24, 2.45) is 10.2 Å². The van der Waals surface area contributed by atoms with E-state index >= 15 is 0 Å². The van der Waals surface area contributed by atoms with E-state index in [4.69, 9.17) is 33.0 Å². The zero-order valence-corrected chi connectivity index (χ0v) is 21.0. The maximum Gasteiger partial charge on any atom is 0.365 e. The van der Waals surface area contributed by atoms with Crippen LogP contribution in [-0.2, 0) is 9.53 Å². The highest BCUT2D eigenvalue weighted by atomic mass is 35.5. The van der Waals surface area contributed by atoms with Crippen LogP contribution in [0.2, 0.25) is 10.0 Å². The van der Waals surface area contributed by atoms with Gasteiger partial charge < -0.3 is 4.74 Å². The molecule has 2 heterocycles. The number of nitrogens with zero attached hydrogens (tertiary/aromatic N) is 4. The molecule has 0 amide bonds. The van der Waals surface area contributed by atoms with Crippen molar-refractivity contribution in [3.8, 4) is 0 Å². The first kappa shape index (κ1) is 23.5. The quantitative estimate of drug-likeness (QED) is 0.355. The van der Waals surface area contributed by atoms with Crippen LogP contribution in [-0.4, -0.2) is 28.3 Å². The van der Waals surface area contributed by atoms with Gasteiger partial charge in [-0.05, 0) is 73.3 Å². The highest BCUT2D eigenvalue weighted by Crippen LogP contribution is 2.48. The Hall–Kier alpha value is -3.26. The molecule has 3 aromatic carbocycles. The van der Waals surface area contributed by atoms with Crippen molar-refractivity contribution in [2.75, 3.05) is 16.6 Å². The van der Waals surface area contributed by atoms with Crippen molar-refractivity contribution in [3.63, 3.8) is 0 Å². The minimum Gasteiger partial charge on any atom is -0.461 e. The molecule has 0 saturated carbocycles. The van der Waals surface area contributed by atoms with Crippen molar-refractivity contribution in [2.45, 2.75) is 11.9 Å². The van der Waals surface area contributed by atoms with E-state index in [1.807, 2.05) is 83.9 Å². The van der Waals surface area contributed by atoms with Crippen LogP contribution in [0, 0.1) is 0 Å². The topological polar surface area (TPSA) is 57.5 Å². The smallest absolute Gasteiger partial charge is 0.365 e. The average Bonchev–Trinajstić information content (AvgIpc) is 3.25. The number of carbonyl (C=O) groups is 1. The molecule has 176 valence electrons. The summed E-state index contributed by atoms with van der Waals surface area (Å²) in [4.78, 5) is 11.7. The molecule has 1 atom stereocenters. The summed E-state index contributed by atoms with van der Waals surface area (Å²) in [6.45, 7) is 2.02. The molecule has 1 spiro atoms. The van der Waals surface area contributed by atoms with E-state index < -0.39 is 11.0 Å². The van der Waals surface area contributed by atoms with Crippen LogP contribution in [0.5, 0.6) is 0 Å². The molecule has 1 unspecified atom stereocenters. The van der Waals surface area contributed by atoms with Gasteiger partial charge in [0.25, 0.3) is 0 Å². The summed E-state index contributed by atoms with van der Waals surface area (Å²) in [5, 5.41) is 14.7. The Kier molecular flexibility index (Phi) is 6.56. The summed E-state index contributed by atoms with van der Waals surface area (Å²) < 4.78 is 5.28. The van der Waals surface area contributed by atoms with Crippen molar-refractivity contribution in [1.29, 1.82) is 0 Å². The van der Waals surface area contributed by atoms with Crippen molar-refractivity contribution >= 4 is 63.1 Å². The third-order valence-electron chi connectivity index (χ3n) is 5.35. The lowest BCUT2D eigenvalue weighted by atomic mass is 10.1. The Morgan fingerprint density at radius 2 is 1.63 bits per heavy atom. The summed E-state index contributed by atoms with van der Waals surface area (Å²) in [7, 11) is 0. The van der Waals surface area contributed by atoms with Crippen molar-refractivity contribution in [1.82, 2.24) is 0 Å². The van der Waals surface area contributed by atoms with Gasteiger partial charge in [0.1, 0.15) is 0 Å². The Labute approximate surface area is 217 Å². The number of rotatable bonds is 5. The Morgan fingerprint density at radius 1 is 0.914 bits per heavy atom. The lowest BCUT2D eigenvalue weighted by molar-refractivity contribution is -0.134. The van der Waals surface area contributed by atoms with Crippen molar-refractivity contribution in [3.05, 3.63) is 107 Å². The van der Waals surface area contributed by atoms with Gasteiger partial charge in [0, 0.05) is 15.6 Å². The zero-order chi connectivity index (χ0) is 24.4. The van der Waals surface area contributed by atoms with E-state index in [9.17, 15) is 4.79 Å². The number of thioether (sulfide) groups is 1. The van der Waals surface area contributed by atoms with Gasteiger partial charge in [0.05, 0.1) is 23.7 Å². The second-order valence-electron chi connectivity index (χ2n) is 7.65. The van der Waals surface area contributed by atoms with Gasteiger partial charge in [-0.1, -0.05) is 59.6 Å². The standard InChI is InChI=1S/C26H20Cl2N4O2S/c1-2-34-25(33)24-30-32(22-10-6-7-20(28)17-22)26(35-24)16-15-23(18-11-13-19(27)14-12-18)29-31(26)21-8-4-3-5-9-21/h3-17H,2H2,1H3. The summed E-state index contributed by atoms with van der Waals surface area (Å²) in [6, 6.07) is 24.6. The fourth-order valence-electron chi connectivity index (χ4n) is 3.79. The van der Waals surface area contributed by atoms with Gasteiger partial charge in [-0.25, -0.2) is 14.8 Å². The molecule has 3 aromatic rings. The minimum atomic E-state index is -1.01. The van der Waals surface area contributed by atoms with E-state index in [2.05, 4.69) is 5.10 Å². The van der Waals surface area contributed by atoms with Gasteiger partial charge in [0.2, 0.25) is 10.0 Å². The predicted octanol–water partition coefficient (Wildman–Crippen LogP) is 6.56. The molecule has 2 aliphatic heterocycles. The molecule has 0 bridgehead atoms. The highest BCUT2D eigenvalue weighted by Gasteiger charge is 2.51. The number of halogens is 2. The van der Waals surface area contributed by atoms with Gasteiger partial charge in [0.15, 0.2) is 0 Å². The largest absolute Gasteiger partial charge is 0.461 e. The maximum atomic E-state index is 12.8. The highest BCUT2D eigenvalue weighted by molar-refractivity contribution is 8.17. The number of hydrazone groups is 2. The summed E-state index contributed by atoms with van der Waals surface area (Å²) in [6.07, 6.45) is 3.91. The van der Waals surface area contributed by atoms with Gasteiger partial charge in [-0.15, -0.1) is 0 Å². The van der Waals surface area contributed by atoms with Crippen LogP contribution in [0.15, 0.2) is 101 Å². The lowest BCUT2D eigenvalue weighted by Crippen LogP contribution is -2.53. The van der Waals surface area contributed by atoms with Crippen LogP contribution >= 0.6 is 35.0 Å². The number of allylic oxidation sites excluding steroid dienone is 1. The van der Waals surface area contributed by atoms with Crippen LogP contribution in [0.3, 0.4) is 0 Å². The number of carbonyl (C=O) groups excluding carboxylic acids is 1. The van der Waals surface area contributed by atoms with E-state index in [-0.39, 0.29) is 11.7 Å². The Bertz CT molecular complexity index is 1340. The molecule has 0 fully saturated rings. The van der Waals surface area contributed by atoms with Gasteiger partial charge >= 0.3 is 5.97 Å². The van der Waals surface area contributed by atoms with Crippen LogP contribution in [0.1, 0.15) is 12.5 Å². The van der Waals surface area contributed by atoms with Crippen LogP contribution in [0.25, 0.3) is 0 Å². The zero-order valence-electron chi connectivity index (χ0n) is 18.6. The fourth-order valence-corrected chi connectivity index (χ4v) is 5.25. The number of hydrogen-bond acceptors (Lipinski definition) is 7. The molecule has 0 aromatic heterocycles. The Balaban J connectivity index is 1.66. The van der Waals surface area contributed by atoms with Crippen LogP contribution < -0.4 is 10.0 Å². The molecular formula is C26H20Cl2N4O2S. The molecule has 0 saturated heterocycles. The molecule has 0 N–H and O–H groups in total. The number of para-hydroxylation sites is 1. The number of anilines is 2. The third kappa shape index (κ3) is 4.55. The third-order valence-corrected chi connectivity index (χ3v) is 7.07. The van der Waals surface area contributed by atoms with E-state index in [1.165, 1.54) is 11.8 Å². The minimum absolute atomic E-state index is 0.225. The van der Waals surface area contributed by atoms with Gasteiger partial charge in [-0.3, -0.25) is 0 Å². The molecule has 6 nitrogen and oxygen atoms in total. The molecular weight excluding hydrogens is 503 g/mol. The van der Waals surface area contributed by atoms with Gasteiger partial charge in [-0.2, -0.15) is 10.2 Å². The van der Waals surface area contributed by atoms with Crippen molar-refractivity contribution < 1.29 is 9.53 Å². The lowest BCUT2D eigenvalue weighted by Gasteiger charge is -2.43. The first-order chi connectivity index (χ1) is 17.0. The first-order valence-electron chi connectivity index (χ1n) is 10.9. The maximum absolute atomic E-state index is 12.8. The Morgan fingerprint density at radius 3 is 2.34 bits per heavy atom. The molecule has 9 heteroatoms. The number of benzene rings is 3. The number of hydrogen-bond donors (Lipinski definition) is 0. The van der Waals surface area contributed by atoms with E-state index in [0.717, 1.165) is 17.0 Å². The SMILES string of the molecule is CCOC(=O)C1=NN(c2cccc(Cl)c2)C2(C=CC(c3ccc(Cl)cc3)=NN2c2ccccc2)S1. The summed E-state index contributed by atoms with van der Waals surface area (Å²) in [5.41, 5.74) is 3.18. The second kappa shape index (κ2) is 9.77. The molecule has 35 heavy (non-hydrogen) atoms. The normalized spacial score (nSPS) is 19.1. The molecule has 5 rings (SSSR count). The predicted molar refractivity (Wildman–Crippen MR) is 144 cm³/mol. The monoisotopic (exact) mass is 522 g/mol.